The van der Waals surface area contributed by atoms with Gasteiger partial charge in [0.25, 0.3) is 0 Å². The summed E-state index contributed by atoms with van der Waals surface area (Å²) in [5.41, 5.74) is 3.01. The number of likely N-dealkylation sites (N-methyl/N-ethyl adjacent to an activating group) is 3. The Morgan fingerprint density at radius 1 is 1.07 bits per heavy atom. The number of fused-ring (bicyclic) bond motifs is 1. The SMILES string of the molecule is CCc1cn(CC)c2cc(NC(=O)N(C)C(C)C(=O)N(C)C(C)C(=O)NC)ccc12. The average Bonchev–Trinajstić information content (AvgIpc) is 3.12. The van der Waals surface area contributed by atoms with E-state index < -0.39 is 12.1 Å². The number of carbonyl (C=O) groups is 3. The van der Waals surface area contributed by atoms with E-state index in [1.54, 1.807) is 27.9 Å². The van der Waals surface area contributed by atoms with E-state index in [9.17, 15) is 14.4 Å². The molecule has 0 spiro atoms. The zero-order valence-electron chi connectivity index (χ0n) is 18.9. The molecule has 2 unspecified atom stereocenters. The van der Waals surface area contributed by atoms with Crippen molar-refractivity contribution < 1.29 is 14.4 Å². The maximum atomic E-state index is 12.8. The van der Waals surface area contributed by atoms with Crippen molar-refractivity contribution in [3.63, 3.8) is 0 Å². The van der Waals surface area contributed by atoms with E-state index in [0.29, 0.717) is 5.69 Å². The lowest BCUT2D eigenvalue weighted by Crippen LogP contribution is -2.53. The molecule has 8 heteroatoms. The lowest BCUT2D eigenvalue weighted by molar-refractivity contribution is -0.140. The summed E-state index contributed by atoms with van der Waals surface area (Å²) in [5.74, 6) is -0.574. The Balaban J connectivity index is 2.14. The lowest BCUT2D eigenvalue weighted by Gasteiger charge is -2.31. The first-order chi connectivity index (χ1) is 14.2. The zero-order chi connectivity index (χ0) is 22.6. The number of urea groups is 1. The molecule has 2 atom stereocenters. The van der Waals surface area contributed by atoms with Crippen LogP contribution in [0.1, 0.15) is 33.3 Å². The predicted octanol–water partition coefficient (Wildman–Crippen LogP) is 2.67. The summed E-state index contributed by atoms with van der Waals surface area (Å²) in [6, 6.07) is 4.11. The summed E-state index contributed by atoms with van der Waals surface area (Å²) >= 11 is 0. The number of amides is 4. The molecule has 0 aliphatic carbocycles. The summed E-state index contributed by atoms with van der Waals surface area (Å²) in [6.45, 7) is 8.34. The van der Waals surface area contributed by atoms with E-state index in [2.05, 4.69) is 35.2 Å². The van der Waals surface area contributed by atoms with Crippen LogP contribution in [0.15, 0.2) is 24.4 Å². The molecule has 0 aliphatic heterocycles. The average molecular weight is 416 g/mol. The van der Waals surface area contributed by atoms with Gasteiger partial charge in [-0.2, -0.15) is 0 Å². The van der Waals surface area contributed by atoms with E-state index >= 15 is 0 Å². The molecule has 8 nitrogen and oxygen atoms in total. The fourth-order valence-electron chi connectivity index (χ4n) is 3.41. The highest BCUT2D eigenvalue weighted by Crippen LogP contribution is 2.25. The van der Waals surface area contributed by atoms with Gasteiger partial charge in [-0.15, -0.1) is 0 Å². The molecule has 1 heterocycles. The molecule has 0 saturated carbocycles. The number of aryl methyl sites for hydroxylation is 2. The Kier molecular flexibility index (Phi) is 7.48. The number of hydrogen-bond acceptors (Lipinski definition) is 3. The molecule has 2 aromatic rings. The number of hydrogen-bond donors (Lipinski definition) is 2. The van der Waals surface area contributed by atoms with Gasteiger partial charge in [0, 0.05) is 45.0 Å². The van der Waals surface area contributed by atoms with Crippen LogP contribution in [0.4, 0.5) is 10.5 Å². The Morgan fingerprint density at radius 3 is 2.30 bits per heavy atom. The number of nitrogens with one attached hydrogen (secondary N) is 2. The number of aromatic nitrogens is 1. The van der Waals surface area contributed by atoms with Crippen molar-refractivity contribution >= 4 is 34.4 Å². The van der Waals surface area contributed by atoms with Gasteiger partial charge in [-0.3, -0.25) is 9.59 Å². The predicted molar refractivity (Wildman–Crippen MR) is 120 cm³/mol. The molecule has 0 aliphatic rings. The summed E-state index contributed by atoms with van der Waals surface area (Å²) in [5, 5.41) is 6.58. The first-order valence-corrected chi connectivity index (χ1v) is 10.3. The maximum absolute atomic E-state index is 12.8. The van der Waals surface area contributed by atoms with Gasteiger partial charge in [0.05, 0.1) is 5.52 Å². The molecule has 0 radical (unpaired) electrons. The minimum Gasteiger partial charge on any atom is -0.357 e. The Hall–Kier alpha value is -3.03. The number of anilines is 1. The molecular formula is C22H33N5O3. The Morgan fingerprint density at radius 2 is 1.73 bits per heavy atom. The van der Waals surface area contributed by atoms with Crippen LogP contribution >= 0.6 is 0 Å². The van der Waals surface area contributed by atoms with Gasteiger partial charge < -0.3 is 25.0 Å². The minimum atomic E-state index is -0.725. The standard InChI is InChI=1S/C22H33N5O3/c1-8-16-13-27(9-2)19-12-17(10-11-18(16)19)24-22(30)26(7)15(4)21(29)25(6)14(3)20(28)23-5/h10-15H,8-9H2,1-7H3,(H,23,28)(H,24,30). The number of rotatable bonds is 7. The topological polar surface area (TPSA) is 86.7 Å². The van der Waals surface area contributed by atoms with E-state index in [1.807, 2.05) is 18.2 Å². The van der Waals surface area contributed by atoms with E-state index in [-0.39, 0.29) is 17.8 Å². The van der Waals surface area contributed by atoms with Gasteiger partial charge in [0.2, 0.25) is 11.8 Å². The van der Waals surface area contributed by atoms with E-state index in [4.69, 9.17) is 0 Å². The van der Waals surface area contributed by atoms with Crippen molar-refractivity contribution in [3.8, 4) is 0 Å². The summed E-state index contributed by atoms with van der Waals surface area (Å²) in [4.78, 5) is 40.0. The lowest BCUT2D eigenvalue weighted by atomic mass is 10.1. The highest BCUT2D eigenvalue weighted by atomic mass is 16.2. The Labute approximate surface area is 178 Å². The highest BCUT2D eigenvalue weighted by molar-refractivity contribution is 5.96. The number of benzene rings is 1. The molecule has 0 bridgehead atoms. The summed E-state index contributed by atoms with van der Waals surface area (Å²) in [7, 11) is 4.65. The van der Waals surface area contributed by atoms with Crippen LogP contribution in [-0.2, 0) is 22.6 Å². The third-order valence-electron chi connectivity index (χ3n) is 5.75. The largest absolute Gasteiger partial charge is 0.357 e. The molecule has 2 rings (SSSR count). The van der Waals surface area contributed by atoms with Gasteiger partial charge >= 0.3 is 6.03 Å². The summed E-state index contributed by atoms with van der Waals surface area (Å²) in [6.07, 6.45) is 3.09. The molecule has 1 aromatic heterocycles. The highest BCUT2D eigenvalue weighted by Gasteiger charge is 2.29. The van der Waals surface area contributed by atoms with Crippen molar-refractivity contribution in [2.45, 2.75) is 52.7 Å². The molecule has 4 amide bonds. The van der Waals surface area contributed by atoms with Crippen LogP contribution in [0, 0.1) is 0 Å². The quantitative estimate of drug-likeness (QED) is 0.729. The molecule has 0 saturated heterocycles. The van der Waals surface area contributed by atoms with Crippen LogP contribution in [0.2, 0.25) is 0 Å². The second kappa shape index (κ2) is 9.65. The van der Waals surface area contributed by atoms with Gasteiger partial charge in [0.1, 0.15) is 12.1 Å². The molecule has 164 valence electrons. The first-order valence-electron chi connectivity index (χ1n) is 10.3. The van der Waals surface area contributed by atoms with Gasteiger partial charge in [0.15, 0.2) is 0 Å². The first kappa shape index (κ1) is 23.3. The normalized spacial score (nSPS) is 12.9. The van der Waals surface area contributed by atoms with Crippen molar-refractivity contribution in [2.24, 2.45) is 0 Å². The molecule has 1 aromatic carbocycles. The van der Waals surface area contributed by atoms with Crippen LogP contribution in [-0.4, -0.2) is 65.4 Å². The van der Waals surface area contributed by atoms with Gasteiger partial charge in [-0.25, -0.2) is 4.79 Å². The molecule has 30 heavy (non-hydrogen) atoms. The van der Waals surface area contributed by atoms with E-state index in [1.165, 1.54) is 27.8 Å². The maximum Gasteiger partial charge on any atom is 0.322 e. The zero-order valence-corrected chi connectivity index (χ0v) is 18.9. The third kappa shape index (κ3) is 4.58. The number of nitrogens with zero attached hydrogens (tertiary/aromatic N) is 3. The van der Waals surface area contributed by atoms with Gasteiger partial charge in [-0.05, 0) is 44.9 Å². The van der Waals surface area contributed by atoms with Crippen LogP contribution in [0.3, 0.4) is 0 Å². The summed E-state index contributed by atoms with van der Waals surface area (Å²) < 4.78 is 2.16. The van der Waals surface area contributed by atoms with Crippen molar-refractivity contribution in [1.82, 2.24) is 19.7 Å². The van der Waals surface area contributed by atoms with Crippen LogP contribution < -0.4 is 10.6 Å². The fourth-order valence-corrected chi connectivity index (χ4v) is 3.41. The number of carbonyl (C=O) groups excluding carboxylic acids is 3. The minimum absolute atomic E-state index is 0.260. The van der Waals surface area contributed by atoms with Crippen molar-refractivity contribution in [3.05, 3.63) is 30.0 Å². The second-order valence-electron chi connectivity index (χ2n) is 7.48. The Bertz CT molecular complexity index is 936. The van der Waals surface area contributed by atoms with Gasteiger partial charge in [-0.1, -0.05) is 13.0 Å². The molecular weight excluding hydrogens is 382 g/mol. The molecule has 0 fully saturated rings. The van der Waals surface area contributed by atoms with E-state index in [0.717, 1.165) is 18.5 Å². The third-order valence-corrected chi connectivity index (χ3v) is 5.75. The van der Waals surface area contributed by atoms with Crippen LogP contribution in [0.5, 0.6) is 0 Å². The smallest absolute Gasteiger partial charge is 0.322 e. The van der Waals surface area contributed by atoms with Crippen LogP contribution in [0.25, 0.3) is 10.9 Å². The van der Waals surface area contributed by atoms with Crippen molar-refractivity contribution in [1.29, 1.82) is 0 Å². The second-order valence-corrected chi connectivity index (χ2v) is 7.48. The fraction of sp³-hybridized carbons (Fsp3) is 0.500. The monoisotopic (exact) mass is 415 g/mol. The molecule has 2 N–H and O–H groups in total. The van der Waals surface area contributed by atoms with Crippen molar-refractivity contribution in [2.75, 3.05) is 26.5 Å².